The number of nitriles is 4. The molecular formula is C34H36N8S4. The van der Waals surface area contributed by atoms with Crippen molar-refractivity contribution in [2.45, 2.75) is 73.0 Å². The molecule has 1 aliphatic heterocycles. The normalized spacial score (nSPS) is 15.1. The number of allylic oxidation sites excluding steroid dienone is 4. The molecule has 0 unspecified atom stereocenters. The molecule has 12 heteroatoms. The summed E-state index contributed by atoms with van der Waals surface area (Å²) in [6, 6.07) is 17.2. The summed E-state index contributed by atoms with van der Waals surface area (Å²) < 4.78 is 0. The Kier molecular flexibility index (Phi) is 15.7. The Balaban J connectivity index is 2.14. The van der Waals surface area contributed by atoms with E-state index in [-0.39, 0.29) is 0 Å². The lowest BCUT2D eigenvalue weighted by molar-refractivity contribution is 1.18. The molecule has 2 aromatic rings. The van der Waals surface area contributed by atoms with E-state index in [2.05, 4.69) is 59.2 Å². The molecule has 1 aliphatic rings. The minimum absolute atomic E-state index is 0.443. The zero-order valence-corrected chi connectivity index (χ0v) is 29.7. The zero-order valence-electron chi connectivity index (χ0n) is 26.4. The van der Waals surface area contributed by atoms with E-state index in [9.17, 15) is 0 Å². The van der Waals surface area contributed by atoms with Crippen LogP contribution in [0.3, 0.4) is 0 Å². The van der Waals surface area contributed by atoms with E-state index >= 15 is 0 Å². The number of benzene rings is 2. The molecule has 2 N–H and O–H groups in total. The van der Waals surface area contributed by atoms with Crippen LogP contribution in [-0.4, -0.2) is 34.4 Å². The third kappa shape index (κ3) is 11.9. The molecule has 0 atom stereocenters. The Hall–Kier alpha value is -3.78. The van der Waals surface area contributed by atoms with E-state index in [1.807, 2.05) is 39.8 Å². The maximum Gasteiger partial charge on any atom is 0.0879 e. The van der Waals surface area contributed by atoms with Crippen LogP contribution in [0.4, 0.5) is 22.7 Å². The summed E-state index contributed by atoms with van der Waals surface area (Å²) in [6.45, 7) is 7.90. The SMILES string of the molecule is CC1=Nc2cc(SCCC#N)c(SCCC#N)cc2N/C(C)=C\C(C)=Nc2cc(SCCC#N)c(SCCC#N)cc2N/C(C)=C\1. The van der Waals surface area contributed by atoms with Gasteiger partial charge in [-0.15, -0.1) is 47.0 Å². The van der Waals surface area contributed by atoms with E-state index < -0.39 is 0 Å². The quantitative estimate of drug-likeness (QED) is 0.164. The highest BCUT2D eigenvalue weighted by molar-refractivity contribution is 8.02. The molecule has 0 saturated heterocycles. The van der Waals surface area contributed by atoms with Crippen molar-refractivity contribution in [2.24, 2.45) is 9.98 Å². The lowest BCUT2D eigenvalue weighted by atomic mass is 10.2. The molecule has 1 heterocycles. The van der Waals surface area contributed by atoms with Crippen molar-refractivity contribution in [3.05, 3.63) is 47.8 Å². The van der Waals surface area contributed by atoms with Crippen molar-refractivity contribution in [1.29, 1.82) is 21.0 Å². The number of anilines is 2. The molecule has 0 fully saturated rings. The van der Waals surface area contributed by atoms with Crippen molar-refractivity contribution in [3.8, 4) is 24.3 Å². The summed E-state index contributed by atoms with van der Waals surface area (Å²) in [7, 11) is 0. The van der Waals surface area contributed by atoms with Gasteiger partial charge in [-0.25, -0.2) is 0 Å². The topological polar surface area (TPSA) is 144 Å². The predicted octanol–water partition coefficient (Wildman–Crippen LogP) is 10.2. The fourth-order valence-electron chi connectivity index (χ4n) is 4.33. The first kappa shape index (κ1) is 36.7. The van der Waals surface area contributed by atoms with Crippen molar-refractivity contribution in [3.63, 3.8) is 0 Å². The second-order valence-corrected chi connectivity index (χ2v) is 14.6. The van der Waals surface area contributed by atoms with Crippen LogP contribution in [0.1, 0.15) is 53.4 Å². The number of rotatable bonds is 12. The molecule has 0 bridgehead atoms. The van der Waals surface area contributed by atoms with E-state index in [1.54, 1.807) is 47.0 Å². The van der Waals surface area contributed by atoms with Gasteiger partial charge in [0.2, 0.25) is 0 Å². The predicted molar refractivity (Wildman–Crippen MR) is 197 cm³/mol. The monoisotopic (exact) mass is 684 g/mol. The maximum absolute atomic E-state index is 9.10. The summed E-state index contributed by atoms with van der Waals surface area (Å²) in [4.78, 5) is 14.2. The first-order valence-electron chi connectivity index (χ1n) is 14.6. The average molecular weight is 685 g/mol. The largest absolute Gasteiger partial charge is 0.357 e. The summed E-state index contributed by atoms with van der Waals surface area (Å²) in [5.74, 6) is 2.69. The number of nitrogens with one attached hydrogen (secondary N) is 2. The zero-order chi connectivity index (χ0) is 33.3. The van der Waals surface area contributed by atoms with E-state index in [0.29, 0.717) is 48.7 Å². The summed E-state index contributed by atoms with van der Waals surface area (Å²) in [5.41, 5.74) is 6.63. The second kappa shape index (κ2) is 19.7. The Morgan fingerprint density at radius 1 is 0.522 bits per heavy atom. The summed E-state index contributed by atoms with van der Waals surface area (Å²) in [5, 5.41) is 43.5. The summed E-state index contributed by atoms with van der Waals surface area (Å²) >= 11 is 6.51. The fourth-order valence-corrected chi connectivity index (χ4v) is 8.29. The van der Waals surface area contributed by atoms with Gasteiger partial charge in [-0.05, 0) is 64.1 Å². The smallest absolute Gasteiger partial charge is 0.0879 e. The molecule has 236 valence electrons. The minimum atomic E-state index is 0.443. The Labute approximate surface area is 289 Å². The minimum Gasteiger partial charge on any atom is -0.357 e. The van der Waals surface area contributed by atoms with Crippen molar-refractivity contribution in [1.82, 2.24) is 0 Å². The van der Waals surface area contributed by atoms with Crippen LogP contribution in [0.5, 0.6) is 0 Å². The molecule has 46 heavy (non-hydrogen) atoms. The van der Waals surface area contributed by atoms with Gasteiger partial charge in [0.05, 0.1) is 47.0 Å². The van der Waals surface area contributed by atoms with Crippen molar-refractivity contribution >= 4 is 81.2 Å². The lowest BCUT2D eigenvalue weighted by Crippen LogP contribution is -2.03. The Bertz CT molecular complexity index is 1570. The Morgan fingerprint density at radius 2 is 0.826 bits per heavy atom. The van der Waals surface area contributed by atoms with Crippen LogP contribution in [-0.2, 0) is 0 Å². The number of nitrogens with zero attached hydrogens (tertiary/aromatic N) is 6. The van der Waals surface area contributed by atoms with Crippen LogP contribution < -0.4 is 10.6 Å². The molecule has 0 radical (unpaired) electrons. The molecule has 3 rings (SSSR count). The van der Waals surface area contributed by atoms with Crippen molar-refractivity contribution in [2.75, 3.05) is 33.6 Å². The lowest BCUT2D eigenvalue weighted by Gasteiger charge is -2.18. The molecule has 0 aromatic heterocycles. The standard InChI is InChI=1S/C34H36N8S4/c1-23-17-24(2)40-29-21-33(45-15-7-11-37)34(46-16-8-12-38)22-30(29)42-26(4)18-25(3)41-28-20-32(44-14-6-10-36)31(19-27(28)39-23)43-13-5-9-35/h17-22,39,42H,5-8,13-16H2,1-4H3/b23-17-,26-18-,40-24?,41-25?. The highest BCUT2D eigenvalue weighted by atomic mass is 32.2. The van der Waals surface area contributed by atoms with E-state index in [4.69, 9.17) is 31.0 Å². The summed E-state index contributed by atoms with van der Waals surface area (Å²) in [6.07, 6.45) is 5.77. The average Bonchev–Trinajstić information content (AvgIpc) is 3.00. The van der Waals surface area contributed by atoms with Crippen LogP contribution >= 0.6 is 47.0 Å². The van der Waals surface area contributed by atoms with Gasteiger partial charge in [-0.2, -0.15) is 21.0 Å². The van der Waals surface area contributed by atoms with Crippen LogP contribution in [0.15, 0.2) is 77.4 Å². The van der Waals surface area contributed by atoms with Gasteiger partial charge >= 0.3 is 0 Å². The van der Waals surface area contributed by atoms with Gasteiger partial charge in [0, 0.05) is 91.1 Å². The van der Waals surface area contributed by atoms with Gasteiger partial charge in [0.25, 0.3) is 0 Å². The van der Waals surface area contributed by atoms with Crippen LogP contribution in [0.25, 0.3) is 0 Å². The third-order valence-electron chi connectivity index (χ3n) is 6.12. The highest BCUT2D eigenvalue weighted by Gasteiger charge is 2.15. The van der Waals surface area contributed by atoms with Gasteiger partial charge in [-0.1, -0.05) is 0 Å². The molecule has 2 aromatic carbocycles. The first-order chi connectivity index (χ1) is 22.3. The first-order valence-corrected chi connectivity index (χ1v) is 18.6. The van der Waals surface area contributed by atoms with Gasteiger partial charge in [-0.3, -0.25) is 9.98 Å². The van der Waals surface area contributed by atoms with Crippen LogP contribution in [0, 0.1) is 45.3 Å². The molecule has 0 saturated carbocycles. The molecule has 0 amide bonds. The number of hydrogen-bond donors (Lipinski definition) is 2. The highest BCUT2D eigenvalue weighted by Crippen LogP contribution is 2.42. The Morgan fingerprint density at radius 3 is 1.13 bits per heavy atom. The van der Waals surface area contributed by atoms with Gasteiger partial charge < -0.3 is 10.6 Å². The molecule has 0 aliphatic carbocycles. The third-order valence-corrected chi connectivity index (χ3v) is 10.6. The van der Waals surface area contributed by atoms with Gasteiger partial charge in [0.1, 0.15) is 0 Å². The fraction of sp³-hybridized carbons (Fsp3) is 0.353. The van der Waals surface area contributed by atoms with E-state index in [0.717, 1.165) is 65.1 Å². The van der Waals surface area contributed by atoms with Crippen molar-refractivity contribution < 1.29 is 0 Å². The van der Waals surface area contributed by atoms with Crippen LogP contribution in [0.2, 0.25) is 0 Å². The molecule has 0 spiro atoms. The molecule has 8 nitrogen and oxygen atoms in total. The number of thioether (sulfide) groups is 4. The van der Waals surface area contributed by atoms with E-state index in [1.165, 1.54) is 0 Å². The van der Waals surface area contributed by atoms with Gasteiger partial charge in [0.15, 0.2) is 0 Å². The second-order valence-electron chi connectivity index (χ2n) is 10.1. The number of fused-ring (bicyclic) bond motifs is 2. The number of aliphatic imine (C=N–C) groups is 2. The number of hydrogen-bond acceptors (Lipinski definition) is 12. The maximum atomic E-state index is 9.10. The molecular weight excluding hydrogens is 649 g/mol.